The summed E-state index contributed by atoms with van der Waals surface area (Å²) < 4.78 is 30.6. The highest BCUT2D eigenvalue weighted by atomic mass is 32.3. The average molecular weight is 312 g/mol. The molecule has 0 aromatic heterocycles. The molecule has 3 fully saturated rings. The van der Waals surface area contributed by atoms with Crippen LogP contribution in [0.1, 0.15) is 44.1 Å². The standard InChI is InChI=1S/C17H22O3S/c1-12-3-6-14(7-4-12)21(18,19)20-16-11-13-5-8-15(16)17(13)9-2-10-17/h3-4,6-7,13,15-16H,2,5,8-11H2,1H3/t13-,15+,16-/m0/s1/i18+2,19+2,20+2. The molecule has 3 nitrogen and oxygen atoms in total. The van der Waals surface area contributed by atoms with E-state index in [4.69, 9.17) is 4.18 Å². The second-order valence-electron chi connectivity index (χ2n) is 7.11. The topological polar surface area (TPSA) is 43.4 Å². The minimum absolute atomic E-state index is 0.0876. The van der Waals surface area contributed by atoms with E-state index in [9.17, 15) is 8.42 Å². The second-order valence-corrected chi connectivity index (χ2v) is 8.68. The highest BCUT2D eigenvalue weighted by Gasteiger charge is 2.62. The minimum atomic E-state index is -3.62. The van der Waals surface area contributed by atoms with Crippen molar-refractivity contribution in [3.63, 3.8) is 0 Å². The lowest BCUT2D eigenvalue weighted by Crippen LogP contribution is -2.36. The van der Waals surface area contributed by atoms with Crippen LogP contribution in [0.15, 0.2) is 29.2 Å². The van der Waals surface area contributed by atoms with Gasteiger partial charge in [-0.3, -0.25) is 4.18 Å². The fraction of sp³-hybridized carbons (Fsp3) is 0.647. The van der Waals surface area contributed by atoms with Crippen LogP contribution in [0.5, 0.6) is 0 Å². The van der Waals surface area contributed by atoms with Gasteiger partial charge in [0, 0.05) is 0 Å². The number of hydrogen-bond acceptors (Lipinski definition) is 3. The Morgan fingerprint density at radius 3 is 2.43 bits per heavy atom. The van der Waals surface area contributed by atoms with Crippen molar-refractivity contribution in [1.82, 2.24) is 0 Å². The third-order valence-corrected chi connectivity index (χ3v) is 7.54. The van der Waals surface area contributed by atoms with Gasteiger partial charge in [0.05, 0.1) is 11.0 Å². The maximum atomic E-state index is 12.5. The summed E-state index contributed by atoms with van der Waals surface area (Å²) in [6.45, 7) is 1.95. The Hall–Kier alpha value is -0.870. The Bertz CT molecular complexity index is 643. The number of aryl methyl sites for hydroxylation is 1. The van der Waals surface area contributed by atoms with E-state index in [0.717, 1.165) is 18.4 Å². The van der Waals surface area contributed by atoms with Crippen molar-refractivity contribution >= 4 is 10.1 Å². The normalized spacial score (nSPS) is 33.3. The highest BCUT2D eigenvalue weighted by Crippen LogP contribution is 2.67. The third-order valence-electron chi connectivity index (χ3n) is 6.19. The molecule has 0 aliphatic heterocycles. The van der Waals surface area contributed by atoms with Crippen LogP contribution in [0.25, 0.3) is 0 Å². The molecule has 0 unspecified atom stereocenters. The van der Waals surface area contributed by atoms with Crippen LogP contribution in [0.2, 0.25) is 0 Å². The van der Waals surface area contributed by atoms with Crippen molar-refractivity contribution in [3.05, 3.63) is 29.8 Å². The van der Waals surface area contributed by atoms with Crippen LogP contribution in [0, 0.1) is 24.2 Å². The van der Waals surface area contributed by atoms with Gasteiger partial charge in [-0.1, -0.05) is 24.1 Å². The molecule has 1 aromatic rings. The van der Waals surface area contributed by atoms with E-state index in [2.05, 4.69) is 0 Å². The van der Waals surface area contributed by atoms with Gasteiger partial charge in [-0.05, 0) is 68.4 Å². The van der Waals surface area contributed by atoms with Gasteiger partial charge in [0.1, 0.15) is 0 Å². The van der Waals surface area contributed by atoms with Crippen molar-refractivity contribution in [2.24, 2.45) is 17.3 Å². The molecule has 0 radical (unpaired) electrons. The quantitative estimate of drug-likeness (QED) is 0.632. The SMILES string of the molecule is Cc1ccc(S(=[18O])(=[18O])[18O][C@H]2C[C@@H]3CC[C@H]2C32CCC2)cc1. The van der Waals surface area contributed by atoms with Crippen molar-refractivity contribution in [2.75, 3.05) is 0 Å². The first-order valence-electron chi connectivity index (χ1n) is 8.01. The molecule has 2 bridgehead atoms. The van der Waals surface area contributed by atoms with Crippen LogP contribution in [-0.4, -0.2) is 14.5 Å². The summed E-state index contributed by atoms with van der Waals surface area (Å²) in [5, 5.41) is 0. The highest BCUT2D eigenvalue weighted by molar-refractivity contribution is 7.86. The van der Waals surface area contributed by atoms with Crippen LogP contribution < -0.4 is 0 Å². The van der Waals surface area contributed by atoms with E-state index < -0.39 is 10.1 Å². The Kier molecular flexibility index (Phi) is 2.99. The largest absolute Gasteiger partial charge is 0.297 e. The van der Waals surface area contributed by atoms with Crippen molar-refractivity contribution in [3.8, 4) is 0 Å². The Balaban J connectivity index is 1.55. The van der Waals surface area contributed by atoms with Crippen molar-refractivity contribution in [1.29, 1.82) is 0 Å². The van der Waals surface area contributed by atoms with Gasteiger partial charge >= 0.3 is 0 Å². The van der Waals surface area contributed by atoms with E-state index >= 15 is 0 Å². The summed E-state index contributed by atoms with van der Waals surface area (Å²) in [4.78, 5) is 0.290. The van der Waals surface area contributed by atoms with Crippen molar-refractivity contribution < 1.29 is 12.6 Å². The van der Waals surface area contributed by atoms with Gasteiger partial charge in [-0.2, -0.15) is 8.42 Å². The molecule has 0 saturated heterocycles. The summed E-state index contributed by atoms with van der Waals surface area (Å²) in [6.07, 6.45) is 7.16. The van der Waals surface area contributed by atoms with Gasteiger partial charge in [0.2, 0.25) is 0 Å². The number of rotatable bonds is 3. The molecular weight excluding hydrogens is 290 g/mol. The number of hydrogen-bond donors (Lipinski definition) is 0. The van der Waals surface area contributed by atoms with Crippen LogP contribution in [0.4, 0.5) is 0 Å². The van der Waals surface area contributed by atoms with Crippen LogP contribution in [-0.2, 0) is 14.3 Å². The molecule has 1 aromatic carbocycles. The van der Waals surface area contributed by atoms with Gasteiger partial charge in [0.15, 0.2) is 0 Å². The zero-order chi connectivity index (χ0) is 14.7. The van der Waals surface area contributed by atoms with Gasteiger partial charge < -0.3 is 0 Å². The number of benzene rings is 1. The lowest BCUT2D eigenvalue weighted by Gasteiger charge is -2.43. The monoisotopic (exact) mass is 312 g/mol. The van der Waals surface area contributed by atoms with Crippen LogP contribution in [0.3, 0.4) is 0 Å². The predicted molar refractivity (Wildman–Crippen MR) is 80.4 cm³/mol. The lowest BCUT2D eigenvalue weighted by molar-refractivity contribution is 0.0430. The van der Waals surface area contributed by atoms with E-state index in [1.807, 2.05) is 19.1 Å². The van der Waals surface area contributed by atoms with E-state index in [1.165, 1.54) is 25.7 Å². The predicted octanol–water partition coefficient (Wildman–Crippen LogP) is 3.67. The van der Waals surface area contributed by atoms with Crippen LogP contribution >= 0.6 is 0 Å². The fourth-order valence-electron chi connectivity index (χ4n) is 5.01. The first kappa shape index (κ1) is 13.8. The molecule has 21 heavy (non-hydrogen) atoms. The molecule has 0 amide bonds. The van der Waals surface area contributed by atoms with Crippen molar-refractivity contribution in [2.45, 2.75) is 56.4 Å². The molecule has 0 heterocycles. The Morgan fingerprint density at radius 2 is 1.86 bits per heavy atom. The van der Waals surface area contributed by atoms with E-state index in [-0.39, 0.29) is 6.10 Å². The summed E-state index contributed by atoms with van der Waals surface area (Å²) in [5.74, 6) is 1.17. The van der Waals surface area contributed by atoms with Gasteiger partial charge in [0.25, 0.3) is 10.1 Å². The molecule has 0 N–H and O–H groups in total. The molecule has 3 aliphatic carbocycles. The fourth-order valence-corrected chi connectivity index (χ4v) is 6.12. The maximum Gasteiger partial charge on any atom is 0.297 e. The molecule has 114 valence electrons. The minimum Gasteiger partial charge on any atom is -0.263 e. The first-order chi connectivity index (χ1) is 10.0. The first-order valence-corrected chi connectivity index (χ1v) is 9.42. The summed E-state index contributed by atoms with van der Waals surface area (Å²) >= 11 is 0. The van der Waals surface area contributed by atoms with Gasteiger partial charge in [-0.25, -0.2) is 0 Å². The molecule has 4 heteroatoms. The van der Waals surface area contributed by atoms with E-state index in [0.29, 0.717) is 22.1 Å². The maximum absolute atomic E-state index is 12.5. The summed E-state index contributed by atoms with van der Waals surface area (Å²) in [7, 11) is -3.62. The second kappa shape index (κ2) is 4.56. The molecule has 3 atom stereocenters. The molecule has 4 rings (SSSR count). The summed E-state index contributed by atoms with van der Waals surface area (Å²) in [6, 6.07) is 6.95. The molecule has 3 aliphatic rings. The Labute approximate surface area is 126 Å². The molecular formula is C17H22O3S. The van der Waals surface area contributed by atoms with E-state index in [1.54, 1.807) is 12.1 Å². The third kappa shape index (κ3) is 1.99. The summed E-state index contributed by atoms with van der Waals surface area (Å²) in [5.41, 5.74) is 1.50. The van der Waals surface area contributed by atoms with Gasteiger partial charge in [-0.15, -0.1) is 0 Å². The lowest BCUT2D eigenvalue weighted by atomic mass is 9.62. The zero-order valence-electron chi connectivity index (χ0n) is 12.4. The average Bonchev–Trinajstić information content (AvgIpc) is 2.90. The molecule has 3 saturated carbocycles. The Morgan fingerprint density at radius 1 is 1.14 bits per heavy atom. The molecule has 1 spiro atoms. The zero-order valence-corrected chi connectivity index (χ0v) is 13.2. The smallest absolute Gasteiger partial charge is 0.263 e.